The molecule has 0 spiro atoms. The molecule has 1 amide bonds. The summed E-state index contributed by atoms with van der Waals surface area (Å²) in [5, 5.41) is 14.1. The second kappa shape index (κ2) is 8.49. The molecule has 0 saturated heterocycles. The lowest BCUT2D eigenvalue weighted by Crippen LogP contribution is -2.11. The van der Waals surface area contributed by atoms with Crippen LogP contribution in [0.2, 0.25) is 0 Å². The van der Waals surface area contributed by atoms with Crippen LogP contribution in [-0.2, 0) is 0 Å². The summed E-state index contributed by atoms with van der Waals surface area (Å²) in [6.45, 7) is 4.06. The first-order valence-corrected chi connectivity index (χ1v) is 10.4. The highest BCUT2D eigenvalue weighted by molar-refractivity contribution is 7.19. The molecule has 0 atom stereocenters. The molecule has 7 heteroatoms. The van der Waals surface area contributed by atoms with Crippen LogP contribution in [0.4, 0.5) is 10.8 Å². The van der Waals surface area contributed by atoms with Crippen LogP contribution >= 0.6 is 11.3 Å². The van der Waals surface area contributed by atoms with E-state index in [1.54, 1.807) is 0 Å². The van der Waals surface area contributed by atoms with Crippen molar-refractivity contribution in [2.75, 3.05) is 5.32 Å². The number of non-ortho nitro benzene ring substituents is 1. The lowest BCUT2D eigenvalue weighted by atomic mass is 10.0. The summed E-state index contributed by atoms with van der Waals surface area (Å²) in [7, 11) is 0. The van der Waals surface area contributed by atoms with Gasteiger partial charge in [0.05, 0.1) is 15.5 Å². The maximum Gasteiger partial charge on any atom is 0.269 e. The molecule has 3 aromatic carbocycles. The number of nitrogens with zero attached hydrogens (tertiary/aromatic N) is 2. The van der Waals surface area contributed by atoms with Gasteiger partial charge in [0, 0.05) is 23.3 Å². The lowest BCUT2D eigenvalue weighted by molar-refractivity contribution is -0.384. The molecule has 0 aliphatic heterocycles. The summed E-state index contributed by atoms with van der Waals surface area (Å²) < 4.78 is 0. The Kier molecular flexibility index (Phi) is 5.60. The molecule has 0 radical (unpaired) electrons. The van der Waals surface area contributed by atoms with E-state index >= 15 is 0 Å². The second-order valence-corrected chi connectivity index (χ2v) is 8.19. The zero-order chi connectivity index (χ0) is 22.0. The third-order valence-electron chi connectivity index (χ3n) is 4.83. The minimum Gasteiger partial charge on any atom is -0.298 e. The number of nitro groups is 1. The van der Waals surface area contributed by atoms with Crippen molar-refractivity contribution in [2.45, 2.75) is 13.8 Å². The van der Waals surface area contributed by atoms with Gasteiger partial charge in [0.2, 0.25) is 0 Å². The fourth-order valence-electron chi connectivity index (χ4n) is 3.09. The molecule has 1 heterocycles. The van der Waals surface area contributed by atoms with Gasteiger partial charge in [-0.25, -0.2) is 4.98 Å². The van der Waals surface area contributed by atoms with Gasteiger partial charge in [0.15, 0.2) is 5.13 Å². The topological polar surface area (TPSA) is 85.1 Å². The van der Waals surface area contributed by atoms with Crippen LogP contribution in [-0.4, -0.2) is 15.8 Å². The number of nitro benzene ring substituents is 1. The van der Waals surface area contributed by atoms with E-state index in [-0.39, 0.29) is 11.6 Å². The number of nitrogens with one attached hydrogen (secondary N) is 1. The Balaban J connectivity index is 1.68. The normalized spacial score (nSPS) is 10.6. The summed E-state index contributed by atoms with van der Waals surface area (Å²) in [4.78, 5) is 28.6. The van der Waals surface area contributed by atoms with Crippen molar-refractivity contribution in [3.8, 4) is 21.7 Å². The molecular formula is C24H19N3O3S. The molecule has 0 bridgehead atoms. The van der Waals surface area contributed by atoms with Crippen molar-refractivity contribution < 1.29 is 9.72 Å². The summed E-state index contributed by atoms with van der Waals surface area (Å²) >= 11 is 1.40. The molecule has 1 N–H and O–H groups in total. The number of rotatable bonds is 5. The standard InChI is InChI=1S/C24H19N3O3S/c1-15-3-7-17(8-4-15)21-22(18-9-5-16(2)6-10-18)31-24(25-21)26-23(28)19-11-13-20(14-12-19)27(29)30/h3-14H,1-2H3,(H,25,26,28). The summed E-state index contributed by atoms with van der Waals surface area (Å²) in [5.74, 6) is -0.366. The number of carbonyl (C=O) groups excluding carboxylic acids is 1. The number of hydrogen-bond donors (Lipinski definition) is 1. The highest BCUT2D eigenvalue weighted by Crippen LogP contribution is 2.39. The number of aromatic nitrogens is 1. The Morgan fingerprint density at radius 3 is 1.97 bits per heavy atom. The van der Waals surface area contributed by atoms with Gasteiger partial charge in [-0.1, -0.05) is 71.0 Å². The number of amides is 1. The van der Waals surface area contributed by atoms with Crippen molar-refractivity contribution in [3.05, 3.63) is 99.6 Å². The third kappa shape index (κ3) is 4.51. The Morgan fingerprint density at radius 1 is 0.871 bits per heavy atom. The van der Waals surface area contributed by atoms with Crippen LogP contribution < -0.4 is 5.32 Å². The molecule has 0 aliphatic carbocycles. The minimum atomic E-state index is -0.496. The Hall–Kier alpha value is -3.84. The monoisotopic (exact) mass is 429 g/mol. The average molecular weight is 430 g/mol. The molecule has 31 heavy (non-hydrogen) atoms. The van der Waals surface area contributed by atoms with Gasteiger partial charge >= 0.3 is 0 Å². The average Bonchev–Trinajstić information content (AvgIpc) is 3.18. The highest BCUT2D eigenvalue weighted by atomic mass is 32.1. The highest BCUT2D eigenvalue weighted by Gasteiger charge is 2.17. The molecule has 1 aromatic heterocycles. The van der Waals surface area contributed by atoms with E-state index in [0.29, 0.717) is 10.7 Å². The maximum absolute atomic E-state index is 12.7. The van der Waals surface area contributed by atoms with Crippen LogP contribution in [0.3, 0.4) is 0 Å². The fourth-order valence-corrected chi connectivity index (χ4v) is 4.07. The van der Waals surface area contributed by atoms with E-state index in [1.165, 1.54) is 35.6 Å². The molecule has 4 rings (SSSR count). The number of benzene rings is 3. The van der Waals surface area contributed by atoms with E-state index in [1.807, 2.05) is 62.4 Å². The minimum absolute atomic E-state index is 0.0610. The largest absolute Gasteiger partial charge is 0.298 e. The Morgan fingerprint density at radius 2 is 1.42 bits per heavy atom. The quantitative estimate of drug-likeness (QED) is 0.300. The summed E-state index contributed by atoms with van der Waals surface area (Å²) in [5.41, 5.74) is 5.37. The van der Waals surface area contributed by atoms with E-state index in [4.69, 9.17) is 4.98 Å². The molecule has 0 fully saturated rings. The number of carbonyl (C=O) groups is 1. The van der Waals surface area contributed by atoms with Gasteiger partial charge in [0.1, 0.15) is 0 Å². The molecule has 154 valence electrons. The van der Waals surface area contributed by atoms with Crippen LogP contribution in [0.25, 0.3) is 21.7 Å². The number of aryl methyl sites for hydroxylation is 2. The first kappa shape index (κ1) is 20.4. The predicted octanol–water partition coefficient (Wildman–Crippen LogP) is 6.25. The second-order valence-electron chi connectivity index (χ2n) is 7.19. The summed E-state index contributed by atoms with van der Waals surface area (Å²) in [6.07, 6.45) is 0. The third-order valence-corrected chi connectivity index (χ3v) is 5.85. The van der Waals surface area contributed by atoms with E-state index in [9.17, 15) is 14.9 Å². The number of hydrogen-bond acceptors (Lipinski definition) is 5. The van der Waals surface area contributed by atoms with Gasteiger partial charge in [-0.2, -0.15) is 0 Å². The molecule has 4 aromatic rings. The molecule has 0 aliphatic rings. The maximum atomic E-state index is 12.7. The van der Waals surface area contributed by atoms with Crippen molar-refractivity contribution in [2.24, 2.45) is 0 Å². The van der Waals surface area contributed by atoms with Crippen LogP contribution in [0.15, 0.2) is 72.8 Å². The number of thiazole rings is 1. The van der Waals surface area contributed by atoms with Crippen LogP contribution in [0.1, 0.15) is 21.5 Å². The van der Waals surface area contributed by atoms with Gasteiger partial charge in [-0.3, -0.25) is 20.2 Å². The zero-order valence-electron chi connectivity index (χ0n) is 17.0. The summed E-state index contributed by atoms with van der Waals surface area (Å²) in [6, 6.07) is 21.8. The van der Waals surface area contributed by atoms with E-state index in [2.05, 4.69) is 5.32 Å². The van der Waals surface area contributed by atoms with Crippen molar-refractivity contribution in [1.29, 1.82) is 0 Å². The SMILES string of the molecule is Cc1ccc(-c2nc(NC(=O)c3ccc([N+](=O)[O-])cc3)sc2-c2ccc(C)cc2)cc1. The first-order chi connectivity index (χ1) is 14.9. The lowest BCUT2D eigenvalue weighted by Gasteiger charge is -2.04. The molecular weight excluding hydrogens is 410 g/mol. The Bertz CT molecular complexity index is 1180. The van der Waals surface area contributed by atoms with Gasteiger partial charge in [-0.05, 0) is 31.5 Å². The van der Waals surface area contributed by atoms with E-state index in [0.717, 1.165) is 32.8 Å². The predicted molar refractivity (Wildman–Crippen MR) is 124 cm³/mol. The van der Waals surface area contributed by atoms with Gasteiger partial charge in [0.25, 0.3) is 11.6 Å². The molecule has 6 nitrogen and oxygen atoms in total. The fraction of sp³-hybridized carbons (Fsp3) is 0.0833. The Labute approximate surface area is 183 Å². The molecule has 0 saturated carbocycles. The van der Waals surface area contributed by atoms with Crippen molar-refractivity contribution >= 4 is 28.1 Å². The van der Waals surface area contributed by atoms with Gasteiger partial charge in [-0.15, -0.1) is 0 Å². The van der Waals surface area contributed by atoms with Crippen molar-refractivity contribution in [3.63, 3.8) is 0 Å². The van der Waals surface area contributed by atoms with Crippen LogP contribution in [0, 0.1) is 24.0 Å². The van der Waals surface area contributed by atoms with Gasteiger partial charge < -0.3 is 0 Å². The zero-order valence-corrected chi connectivity index (χ0v) is 17.8. The number of anilines is 1. The van der Waals surface area contributed by atoms with E-state index < -0.39 is 4.92 Å². The molecule has 0 unspecified atom stereocenters. The van der Waals surface area contributed by atoms with Crippen molar-refractivity contribution in [1.82, 2.24) is 4.98 Å². The van der Waals surface area contributed by atoms with Crippen LogP contribution in [0.5, 0.6) is 0 Å². The first-order valence-electron chi connectivity index (χ1n) is 9.61. The smallest absolute Gasteiger partial charge is 0.269 e.